The van der Waals surface area contributed by atoms with Gasteiger partial charge in [-0.2, -0.15) is 4.31 Å². The molecule has 1 saturated heterocycles. The van der Waals surface area contributed by atoms with Gasteiger partial charge in [0.05, 0.1) is 23.0 Å². The van der Waals surface area contributed by atoms with Crippen molar-refractivity contribution in [1.82, 2.24) is 4.31 Å². The minimum absolute atomic E-state index is 0.00732. The molecule has 1 aliphatic heterocycles. The maximum atomic E-state index is 13.1. The van der Waals surface area contributed by atoms with E-state index in [1.807, 2.05) is 0 Å². The third kappa shape index (κ3) is 5.03. The lowest BCUT2D eigenvalue weighted by atomic mass is 9.98. The van der Waals surface area contributed by atoms with E-state index in [0.29, 0.717) is 30.6 Å². The largest absolute Gasteiger partial charge is 0.462 e. The van der Waals surface area contributed by atoms with Gasteiger partial charge in [-0.3, -0.25) is 4.79 Å². The van der Waals surface area contributed by atoms with E-state index in [4.69, 9.17) is 4.74 Å². The molecule has 1 atom stereocenters. The van der Waals surface area contributed by atoms with E-state index < -0.39 is 27.7 Å². The van der Waals surface area contributed by atoms with Crippen molar-refractivity contribution in [3.05, 3.63) is 59.9 Å². The first kappa shape index (κ1) is 21.9. The van der Waals surface area contributed by atoms with Crippen molar-refractivity contribution in [2.45, 2.75) is 24.7 Å². The van der Waals surface area contributed by atoms with Crippen molar-refractivity contribution in [3.63, 3.8) is 0 Å². The summed E-state index contributed by atoms with van der Waals surface area (Å²) in [5, 5.41) is 2.75. The molecular formula is C21H23FN2O5S. The fourth-order valence-corrected chi connectivity index (χ4v) is 4.84. The SMILES string of the molecule is CCOC(=O)c1cccc(NC(=O)[C@@H]2CCCN(S(=O)(=O)c3ccc(F)cc3)C2)c1. The second-order valence-corrected chi connectivity index (χ2v) is 8.88. The highest BCUT2D eigenvalue weighted by Gasteiger charge is 2.33. The van der Waals surface area contributed by atoms with Gasteiger partial charge in [0.2, 0.25) is 15.9 Å². The standard InChI is InChI=1S/C21H23FN2O5S/c1-2-29-21(26)15-5-3-7-18(13-15)23-20(25)16-6-4-12-24(14-16)30(27,28)19-10-8-17(22)9-11-19/h3,5,7-11,13,16H,2,4,6,12,14H2,1H3,(H,23,25)/t16-/m1/s1. The molecule has 0 unspecified atom stereocenters. The molecule has 30 heavy (non-hydrogen) atoms. The summed E-state index contributed by atoms with van der Waals surface area (Å²) >= 11 is 0. The Balaban J connectivity index is 1.69. The third-order valence-corrected chi connectivity index (χ3v) is 6.73. The summed E-state index contributed by atoms with van der Waals surface area (Å²) in [6.07, 6.45) is 1.07. The summed E-state index contributed by atoms with van der Waals surface area (Å²) in [6, 6.07) is 11.0. The van der Waals surface area contributed by atoms with Gasteiger partial charge in [-0.05, 0) is 62.2 Å². The second kappa shape index (κ2) is 9.36. The van der Waals surface area contributed by atoms with Crippen LogP contribution in [0.5, 0.6) is 0 Å². The Kier molecular flexibility index (Phi) is 6.84. The number of ether oxygens (including phenoxy) is 1. The van der Waals surface area contributed by atoms with Gasteiger partial charge < -0.3 is 10.1 Å². The van der Waals surface area contributed by atoms with Crippen LogP contribution in [0.3, 0.4) is 0 Å². The zero-order valence-corrected chi connectivity index (χ0v) is 17.3. The van der Waals surface area contributed by atoms with Gasteiger partial charge >= 0.3 is 5.97 Å². The summed E-state index contributed by atoms with van der Waals surface area (Å²) in [7, 11) is -3.82. The first-order chi connectivity index (χ1) is 14.3. The zero-order valence-electron chi connectivity index (χ0n) is 16.5. The molecule has 1 heterocycles. The van der Waals surface area contributed by atoms with E-state index in [-0.39, 0.29) is 24.0 Å². The summed E-state index contributed by atoms with van der Waals surface area (Å²) in [5.74, 6) is -1.87. The van der Waals surface area contributed by atoms with Gasteiger partial charge in [0, 0.05) is 18.8 Å². The van der Waals surface area contributed by atoms with Crippen molar-refractivity contribution >= 4 is 27.6 Å². The highest BCUT2D eigenvalue weighted by molar-refractivity contribution is 7.89. The normalized spacial score (nSPS) is 17.3. The number of piperidine rings is 1. The molecule has 1 N–H and O–H groups in total. The quantitative estimate of drug-likeness (QED) is 0.706. The van der Waals surface area contributed by atoms with Gasteiger partial charge in [-0.1, -0.05) is 6.07 Å². The zero-order chi connectivity index (χ0) is 21.7. The van der Waals surface area contributed by atoms with E-state index in [1.165, 1.54) is 22.5 Å². The van der Waals surface area contributed by atoms with Gasteiger partial charge in [-0.25, -0.2) is 17.6 Å². The molecular weight excluding hydrogens is 411 g/mol. The van der Waals surface area contributed by atoms with Crippen LogP contribution in [0.25, 0.3) is 0 Å². The number of anilines is 1. The van der Waals surface area contributed by atoms with Gasteiger partial charge in [0.25, 0.3) is 0 Å². The molecule has 2 aromatic rings. The predicted octanol–water partition coefficient (Wildman–Crippen LogP) is 3.04. The van der Waals surface area contributed by atoms with E-state index in [1.54, 1.807) is 25.1 Å². The molecule has 0 radical (unpaired) electrons. The first-order valence-electron chi connectivity index (χ1n) is 9.65. The summed E-state index contributed by atoms with van der Waals surface area (Å²) in [6.45, 7) is 2.28. The highest BCUT2D eigenvalue weighted by Crippen LogP contribution is 2.25. The van der Waals surface area contributed by atoms with Gasteiger partial charge in [0.15, 0.2) is 0 Å². The van der Waals surface area contributed by atoms with E-state index in [9.17, 15) is 22.4 Å². The molecule has 3 rings (SSSR count). The van der Waals surface area contributed by atoms with Gasteiger partial charge in [0.1, 0.15) is 5.82 Å². The van der Waals surface area contributed by atoms with Crippen LogP contribution < -0.4 is 5.32 Å². The Bertz CT molecular complexity index is 1020. The Morgan fingerprint density at radius 1 is 1.20 bits per heavy atom. The average Bonchev–Trinajstić information content (AvgIpc) is 2.74. The second-order valence-electron chi connectivity index (χ2n) is 6.95. The number of hydrogen-bond acceptors (Lipinski definition) is 5. The molecule has 1 aliphatic rings. The molecule has 160 valence electrons. The van der Waals surface area contributed by atoms with Crippen molar-refractivity contribution < 1.29 is 27.1 Å². The molecule has 9 heteroatoms. The highest BCUT2D eigenvalue weighted by atomic mass is 32.2. The van der Waals surface area contributed by atoms with E-state index >= 15 is 0 Å². The van der Waals surface area contributed by atoms with Gasteiger partial charge in [-0.15, -0.1) is 0 Å². The Morgan fingerprint density at radius 2 is 1.93 bits per heavy atom. The first-order valence-corrected chi connectivity index (χ1v) is 11.1. The number of rotatable bonds is 6. The number of carbonyl (C=O) groups is 2. The number of hydrogen-bond donors (Lipinski definition) is 1. The molecule has 0 bridgehead atoms. The lowest BCUT2D eigenvalue weighted by Crippen LogP contribution is -2.43. The number of benzene rings is 2. The molecule has 2 aromatic carbocycles. The smallest absolute Gasteiger partial charge is 0.338 e. The van der Waals surface area contributed by atoms with Crippen molar-refractivity contribution in [1.29, 1.82) is 0 Å². The van der Waals surface area contributed by atoms with Crippen LogP contribution in [0, 0.1) is 11.7 Å². The van der Waals surface area contributed by atoms with Crippen LogP contribution >= 0.6 is 0 Å². The fraction of sp³-hybridized carbons (Fsp3) is 0.333. The Morgan fingerprint density at radius 3 is 2.63 bits per heavy atom. The summed E-state index contributed by atoms with van der Waals surface area (Å²) < 4.78 is 45.0. The predicted molar refractivity (Wildman–Crippen MR) is 109 cm³/mol. The molecule has 7 nitrogen and oxygen atoms in total. The lowest BCUT2D eigenvalue weighted by molar-refractivity contribution is -0.120. The number of amides is 1. The Hall–Kier alpha value is -2.78. The fourth-order valence-electron chi connectivity index (χ4n) is 3.31. The maximum Gasteiger partial charge on any atom is 0.338 e. The van der Waals surface area contributed by atoms with Crippen LogP contribution in [0.4, 0.5) is 10.1 Å². The molecule has 1 amide bonds. The number of sulfonamides is 1. The van der Waals surface area contributed by atoms with E-state index in [0.717, 1.165) is 12.1 Å². The van der Waals surface area contributed by atoms with Crippen LogP contribution in [-0.2, 0) is 19.6 Å². The van der Waals surface area contributed by atoms with Crippen molar-refractivity contribution in [3.8, 4) is 0 Å². The van der Waals surface area contributed by atoms with Crippen LogP contribution in [-0.4, -0.2) is 44.3 Å². The monoisotopic (exact) mass is 434 g/mol. The average molecular weight is 434 g/mol. The molecule has 1 fully saturated rings. The van der Waals surface area contributed by atoms with Crippen molar-refractivity contribution in [2.24, 2.45) is 5.92 Å². The van der Waals surface area contributed by atoms with Crippen LogP contribution in [0.2, 0.25) is 0 Å². The number of nitrogens with zero attached hydrogens (tertiary/aromatic N) is 1. The minimum Gasteiger partial charge on any atom is -0.462 e. The number of halogens is 1. The third-order valence-electron chi connectivity index (χ3n) is 4.85. The topological polar surface area (TPSA) is 92.8 Å². The summed E-state index contributed by atoms with van der Waals surface area (Å²) in [4.78, 5) is 24.6. The molecule has 0 spiro atoms. The molecule has 0 aliphatic carbocycles. The molecule has 0 aromatic heterocycles. The number of carbonyl (C=O) groups excluding carboxylic acids is 2. The van der Waals surface area contributed by atoms with Crippen molar-refractivity contribution in [2.75, 3.05) is 25.0 Å². The van der Waals surface area contributed by atoms with E-state index in [2.05, 4.69) is 5.32 Å². The van der Waals surface area contributed by atoms with Crippen LogP contribution in [0.1, 0.15) is 30.1 Å². The number of esters is 1. The number of nitrogens with one attached hydrogen (secondary N) is 1. The summed E-state index contributed by atoms with van der Waals surface area (Å²) in [5.41, 5.74) is 0.753. The van der Waals surface area contributed by atoms with Crippen LogP contribution in [0.15, 0.2) is 53.4 Å². The Labute approximate surface area is 174 Å². The minimum atomic E-state index is -3.82. The maximum absolute atomic E-state index is 13.1. The molecule has 0 saturated carbocycles. The lowest BCUT2D eigenvalue weighted by Gasteiger charge is -2.31.